The summed E-state index contributed by atoms with van der Waals surface area (Å²) in [6.07, 6.45) is 2.60. The highest BCUT2D eigenvalue weighted by Gasteiger charge is 2.30. The molecule has 2 aromatic carbocycles. The van der Waals surface area contributed by atoms with E-state index in [4.69, 9.17) is 9.47 Å². The predicted octanol–water partition coefficient (Wildman–Crippen LogP) is 5.33. The molecule has 3 aromatic rings. The molecule has 1 atom stereocenters. The second kappa shape index (κ2) is 11.8. The maximum absolute atomic E-state index is 12.6. The summed E-state index contributed by atoms with van der Waals surface area (Å²) in [4.78, 5) is 21.9. The van der Waals surface area contributed by atoms with Crippen molar-refractivity contribution < 1.29 is 14.3 Å². The molecule has 6 nitrogen and oxygen atoms in total. The zero-order valence-corrected chi connectivity index (χ0v) is 20.9. The zero-order chi connectivity index (χ0) is 24.6. The highest BCUT2D eigenvalue weighted by atomic mass is 16.5. The third-order valence-corrected chi connectivity index (χ3v) is 6.27. The Bertz CT molecular complexity index is 1100. The minimum absolute atomic E-state index is 0.162. The van der Waals surface area contributed by atoms with E-state index in [2.05, 4.69) is 52.0 Å². The van der Waals surface area contributed by atoms with Crippen LogP contribution in [-0.2, 0) is 17.9 Å². The van der Waals surface area contributed by atoms with E-state index in [0.29, 0.717) is 24.0 Å². The van der Waals surface area contributed by atoms with Crippen molar-refractivity contribution in [1.29, 1.82) is 0 Å². The molecule has 184 valence electrons. The van der Waals surface area contributed by atoms with Crippen LogP contribution >= 0.6 is 0 Å². The number of ether oxygens (including phenoxy) is 2. The van der Waals surface area contributed by atoms with E-state index < -0.39 is 0 Å². The number of carbonyl (C=O) groups excluding carboxylic acids is 1. The molecule has 0 amide bonds. The first-order valence-corrected chi connectivity index (χ1v) is 12.4. The Morgan fingerprint density at radius 3 is 2.66 bits per heavy atom. The Morgan fingerprint density at radius 2 is 1.89 bits per heavy atom. The molecule has 0 aliphatic carbocycles. The van der Waals surface area contributed by atoms with Crippen molar-refractivity contribution in [2.75, 3.05) is 24.5 Å². The third kappa shape index (κ3) is 6.61. The molecule has 1 saturated heterocycles. The van der Waals surface area contributed by atoms with Crippen molar-refractivity contribution in [1.82, 2.24) is 9.88 Å². The van der Waals surface area contributed by atoms with Gasteiger partial charge in [-0.1, -0.05) is 49.4 Å². The van der Waals surface area contributed by atoms with Crippen LogP contribution in [0.2, 0.25) is 0 Å². The fraction of sp³-hybridized carbons (Fsp3) is 0.379. The third-order valence-electron chi connectivity index (χ3n) is 6.27. The number of anilines is 1. The number of esters is 1. The Kier molecular flexibility index (Phi) is 8.37. The first-order valence-electron chi connectivity index (χ1n) is 12.4. The largest absolute Gasteiger partial charge is 0.489 e. The van der Waals surface area contributed by atoms with E-state index >= 15 is 0 Å². The molecule has 35 heavy (non-hydrogen) atoms. The highest BCUT2D eigenvalue weighted by molar-refractivity contribution is 5.94. The van der Waals surface area contributed by atoms with Crippen LogP contribution in [-0.4, -0.2) is 47.6 Å². The second-order valence-electron chi connectivity index (χ2n) is 9.20. The quantitative estimate of drug-likeness (QED) is 0.371. The SMILES string of the molecule is CCN(Cc1cccc(OCc2ccccc2)c1)[C@H]1CCN(c2ncccc2C(=O)OC(C)C)C1. The first-order chi connectivity index (χ1) is 17.0. The molecule has 0 spiro atoms. The molecule has 1 aromatic heterocycles. The second-order valence-corrected chi connectivity index (χ2v) is 9.20. The van der Waals surface area contributed by atoms with Gasteiger partial charge in [0.05, 0.1) is 6.10 Å². The number of pyridine rings is 1. The Balaban J connectivity index is 1.39. The molecule has 2 heterocycles. The van der Waals surface area contributed by atoms with Crippen LogP contribution < -0.4 is 9.64 Å². The number of likely N-dealkylation sites (N-methyl/N-ethyl adjacent to an activating group) is 1. The lowest BCUT2D eigenvalue weighted by Gasteiger charge is -2.28. The summed E-state index contributed by atoms with van der Waals surface area (Å²) in [5.74, 6) is 1.29. The van der Waals surface area contributed by atoms with Crippen LogP contribution in [0.5, 0.6) is 5.75 Å². The average Bonchev–Trinajstić information content (AvgIpc) is 3.36. The molecule has 0 radical (unpaired) electrons. The fourth-order valence-corrected chi connectivity index (χ4v) is 4.53. The summed E-state index contributed by atoms with van der Waals surface area (Å²) in [5, 5.41) is 0. The van der Waals surface area contributed by atoms with Gasteiger partial charge in [0, 0.05) is 31.9 Å². The van der Waals surface area contributed by atoms with Crippen LogP contribution in [0.15, 0.2) is 72.9 Å². The van der Waals surface area contributed by atoms with E-state index in [1.807, 2.05) is 38.1 Å². The van der Waals surface area contributed by atoms with Crippen LogP contribution in [0.25, 0.3) is 0 Å². The van der Waals surface area contributed by atoms with Crippen molar-refractivity contribution in [2.45, 2.75) is 52.5 Å². The zero-order valence-electron chi connectivity index (χ0n) is 20.9. The summed E-state index contributed by atoms with van der Waals surface area (Å²) in [6, 6.07) is 22.6. The minimum Gasteiger partial charge on any atom is -0.489 e. The summed E-state index contributed by atoms with van der Waals surface area (Å²) >= 11 is 0. The van der Waals surface area contributed by atoms with Gasteiger partial charge >= 0.3 is 5.97 Å². The van der Waals surface area contributed by atoms with E-state index in [1.165, 1.54) is 5.56 Å². The Morgan fingerprint density at radius 1 is 1.09 bits per heavy atom. The van der Waals surface area contributed by atoms with Crippen LogP contribution in [0, 0.1) is 0 Å². The molecule has 1 fully saturated rings. The fourth-order valence-electron chi connectivity index (χ4n) is 4.53. The topological polar surface area (TPSA) is 54.9 Å². The van der Waals surface area contributed by atoms with Gasteiger partial charge in [-0.25, -0.2) is 9.78 Å². The van der Waals surface area contributed by atoms with E-state index in [-0.39, 0.29) is 12.1 Å². The summed E-state index contributed by atoms with van der Waals surface area (Å²) in [5.41, 5.74) is 2.92. The average molecular weight is 474 g/mol. The summed E-state index contributed by atoms with van der Waals surface area (Å²) in [6.45, 7) is 9.97. The van der Waals surface area contributed by atoms with Gasteiger partial charge in [-0.3, -0.25) is 4.90 Å². The maximum Gasteiger partial charge on any atom is 0.342 e. The first kappa shape index (κ1) is 24.7. The lowest BCUT2D eigenvalue weighted by Crippen LogP contribution is -2.37. The van der Waals surface area contributed by atoms with Gasteiger partial charge in [-0.15, -0.1) is 0 Å². The molecule has 0 unspecified atom stereocenters. The molecule has 6 heteroatoms. The Hall–Kier alpha value is -3.38. The lowest BCUT2D eigenvalue weighted by atomic mass is 10.1. The van der Waals surface area contributed by atoms with Gasteiger partial charge in [0.15, 0.2) is 0 Å². The molecule has 0 N–H and O–H groups in total. The highest BCUT2D eigenvalue weighted by Crippen LogP contribution is 2.27. The van der Waals surface area contributed by atoms with Gasteiger partial charge in [0.25, 0.3) is 0 Å². The molecule has 0 bridgehead atoms. The van der Waals surface area contributed by atoms with Gasteiger partial charge in [0.1, 0.15) is 23.7 Å². The van der Waals surface area contributed by atoms with Gasteiger partial charge in [0.2, 0.25) is 0 Å². The number of carbonyl (C=O) groups is 1. The maximum atomic E-state index is 12.6. The summed E-state index contributed by atoms with van der Waals surface area (Å²) in [7, 11) is 0. The summed E-state index contributed by atoms with van der Waals surface area (Å²) < 4.78 is 11.5. The number of hydrogen-bond donors (Lipinski definition) is 0. The number of rotatable bonds is 10. The smallest absolute Gasteiger partial charge is 0.342 e. The monoisotopic (exact) mass is 473 g/mol. The van der Waals surface area contributed by atoms with Gasteiger partial charge in [-0.05, 0) is 62.2 Å². The minimum atomic E-state index is -0.314. The standard InChI is InChI=1S/C29H35N3O3/c1-4-31(19-24-12-8-13-26(18-24)34-21-23-10-6-5-7-11-23)25-15-17-32(20-25)28-27(14-9-16-30-28)29(33)35-22(2)3/h5-14,16,18,22,25H,4,15,17,19-21H2,1-3H3/t25-/m0/s1. The van der Waals surface area contributed by atoms with Crippen molar-refractivity contribution in [3.63, 3.8) is 0 Å². The molecule has 1 aliphatic rings. The lowest BCUT2D eigenvalue weighted by molar-refractivity contribution is 0.0378. The Labute approximate surface area is 208 Å². The van der Waals surface area contributed by atoms with Crippen LogP contribution in [0.3, 0.4) is 0 Å². The van der Waals surface area contributed by atoms with Crippen molar-refractivity contribution in [2.24, 2.45) is 0 Å². The van der Waals surface area contributed by atoms with Crippen LogP contribution in [0.4, 0.5) is 5.82 Å². The molecule has 4 rings (SSSR count). The molecule has 1 aliphatic heterocycles. The normalized spacial score (nSPS) is 15.6. The van der Waals surface area contributed by atoms with Gasteiger partial charge < -0.3 is 14.4 Å². The van der Waals surface area contributed by atoms with E-state index in [0.717, 1.165) is 43.9 Å². The predicted molar refractivity (Wildman–Crippen MR) is 139 cm³/mol. The number of aromatic nitrogens is 1. The van der Waals surface area contributed by atoms with Gasteiger partial charge in [-0.2, -0.15) is 0 Å². The van der Waals surface area contributed by atoms with E-state index in [1.54, 1.807) is 18.3 Å². The van der Waals surface area contributed by atoms with Crippen molar-refractivity contribution >= 4 is 11.8 Å². The van der Waals surface area contributed by atoms with Crippen molar-refractivity contribution in [3.05, 3.63) is 89.6 Å². The molecular formula is C29H35N3O3. The number of benzene rings is 2. The molecular weight excluding hydrogens is 438 g/mol. The number of nitrogens with zero attached hydrogens (tertiary/aromatic N) is 3. The number of hydrogen-bond acceptors (Lipinski definition) is 6. The van der Waals surface area contributed by atoms with Crippen molar-refractivity contribution in [3.8, 4) is 5.75 Å². The van der Waals surface area contributed by atoms with E-state index in [9.17, 15) is 4.79 Å². The van der Waals surface area contributed by atoms with Crippen LogP contribution in [0.1, 0.15) is 48.7 Å². The molecule has 0 saturated carbocycles.